The number of hydrogen-bond donors (Lipinski definition) is 2. The van der Waals surface area contributed by atoms with Crippen LogP contribution >= 0.6 is 0 Å². The highest BCUT2D eigenvalue weighted by molar-refractivity contribution is 4.52. The van der Waals surface area contributed by atoms with Crippen molar-refractivity contribution in [1.82, 2.24) is 0 Å². The third-order valence-electron chi connectivity index (χ3n) is 3.99. The molecule has 0 amide bonds. The van der Waals surface area contributed by atoms with Crippen molar-refractivity contribution in [3.8, 4) is 0 Å². The van der Waals surface area contributed by atoms with Crippen LogP contribution in [-0.4, -0.2) is 89.5 Å². The minimum atomic E-state index is -0.523. The lowest BCUT2D eigenvalue weighted by Gasteiger charge is -2.10. The molecule has 2 atom stereocenters. The molecule has 7 heteroatoms. The first-order valence-electron chi connectivity index (χ1n) is 10.3. The van der Waals surface area contributed by atoms with Crippen LogP contribution in [0.3, 0.4) is 0 Å². The van der Waals surface area contributed by atoms with Crippen LogP contribution in [0.25, 0.3) is 0 Å². The van der Waals surface area contributed by atoms with E-state index >= 15 is 0 Å². The van der Waals surface area contributed by atoms with Crippen LogP contribution in [0.2, 0.25) is 0 Å². The molecule has 27 heavy (non-hydrogen) atoms. The molecule has 0 heterocycles. The van der Waals surface area contributed by atoms with E-state index in [0.717, 1.165) is 64.6 Å². The van der Waals surface area contributed by atoms with Gasteiger partial charge in [-0.15, -0.1) is 0 Å². The van der Waals surface area contributed by atoms with E-state index < -0.39 is 12.2 Å². The second-order valence-electron chi connectivity index (χ2n) is 6.81. The van der Waals surface area contributed by atoms with Crippen LogP contribution in [0.4, 0.5) is 0 Å². The average Bonchev–Trinajstić information content (AvgIpc) is 2.64. The highest BCUT2D eigenvalue weighted by atomic mass is 16.5. The number of ether oxygens (including phenoxy) is 5. The van der Waals surface area contributed by atoms with Gasteiger partial charge in [0, 0.05) is 40.6 Å². The van der Waals surface area contributed by atoms with Crippen molar-refractivity contribution >= 4 is 0 Å². The van der Waals surface area contributed by atoms with Crippen LogP contribution < -0.4 is 0 Å². The maximum absolute atomic E-state index is 9.42. The summed E-state index contributed by atoms with van der Waals surface area (Å²) < 4.78 is 26.1. The summed E-state index contributed by atoms with van der Waals surface area (Å²) >= 11 is 0. The van der Waals surface area contributed by atoms with Gasteiger partial charge in [0.1, 0.15) is 12.2 Å². The monoisotopic (exact) mass is 394 g/mol. The summed E-state index contributed by atoms with van der Waals surface area (Å²) in [5, 5.41) is 18.8. The van der Waals surface area contributed by atoms with E-state index in [4.69, 9.17) is 23.7 Å². The van der Waals surface area contributed by atoms with Gasteiger partial charge in [-0.05, 0) is 25.7 Å². The van der Waals surface area contributed by atoms with Crippen molar-refractivity contribution in [2.45, 2.75) is 63.6 Å². The Morgan fingerprint density at radius 3 is 1.15 bits per heavy atom. The van der Waals surface area contributed by atoms with E-state index in [-0.39, 0.29) is 0 Å². The predicted molar refractivity (Wildman–Crippen MR) is 105 cm³/mol. The lowest BCUT2D eigenvalue weighted by Crippen LogP contribution is -2.21. The Morgan fingerprint density at radius 1 is 0.481 bits per heavy atom. The van der Waals surface area contributed by atoms with E-state index in [0.29, 0.717) is 39.6 Å². The molecule has 0 saturated heterocycles. The van der Waals surface area contributed by atoms with E-state index in [1.165, 1.54) is 0 Å². The zero-order valence-corrected chi connectivity index (χ0v) is 17.4. The maximum atomic E-state index is 9.42. The molecule has 2 N–H and O–H groups in total. The molecule has 0 aliphatic carbocycles. The first-order valence-corrected chi connectivity index (χ1v) is 10.3. The van der Waals surface area contributed by atoms with Gasteiger partial charge >= 0.3 is 0 Å². The molecule has 0 spiro atoms. The maximum Gasteiger partial charge on any atom is 0.101 e. The van der Waals surface area contributed by atoms with Crippen molar-refractivity contribution in [3.05, 3.63) is 0 Å². The molecule has 0 fully saturated rings. The molecule has 0 aromatic heterocycles. The molecular weight excluding hydrogens is 352 g/mol. The third-order valence-corrected chi connectivity index (χ3v) is 3.99. The van der Waals surface area contributed by atoms with Crippen LogP contribution in [-0.2, 0) is 23.7 Å². The first-order chi connectivity index (χ1) is 13.2. The van der Waals surface area contributed by atoms with Crippen LogP contribution in [0.15, 0.2) is 0 Å². The summed E-state index contributed by atoms with van der Waals surface area (Å²) in [4.78, 5) is 0. The smallest absolute Gasteiger partial charge is 0.101 e. The van der Waals surface area contributed by atoms with Gasteiger partial charge in [-0.25, -0.2) is 0 Å². The van der Waals surface area contributed by atoms with Crippen molar-refractivity contribution < 1.29 is 33.9 Å². The van der Waals surface area contributed by atoms with Gasteiger partial charge in [-0.3, -0.25) is 0 Å². The molecule has 7 nitrogen and oxygen atoms in total. The van der Waals surface area contributed by atoms with Crippen LogP contribution in [0.1, 0.15) is 51.4 Å². The molecule has 0 aromatic rings. The highest BCUT2D eigenvalue weighted by Crippen LogP contribution is 2.04. The van der Waals surface area contributed by atoms with Crippen molar-refractivity contribution in [2.24, 2.45) is 0 Å². The first kappa shape index (κ1) is 26.7. The third kappa shape index (κ3) is 21.9. The molecule has 0 bridgehead atoms. The summed E-state index contributed by atoms with van der Waals surface area (Å²) in [5.41, 5.74) is 0. The zero-order valence-electron chi connectivity index (χ0n) is 17.4. The van der Waals surface area contributed by atoms with E-state index in [2.05, 4.69) is 0 Å². The summed E-state index contributed by atoms with van der Waals surface area (Å²) in [5.74, 6) is 0. The summed E-state index contributed by atoms with van der Waals surface area (Å²) in [6.07, 6.45) is 7.72. The van der Waals surface area contributed by atoms with Gasteiger partial charge < -0.3 is 33.9 Å². The molecular formula is C20H42O7. The lowest BCUT2D eigenvalue weighted by molar-refractivity contribution is -0.00698. The van der Waals surface area contributed by atoms with Crippen molar-refractivity contribution in [2.75, 3.05) is 67.1 Å². The zero-order chi connectivity index (χ0) is 20.0. The Hall–Kier alpha value is -0.280. The number of rotatable bonds is 22. The Morgan fingerprint density at radius 2 is 0.815 bits per heavy atom. The van der Waals surface area contributed by atoms with Gasteiger partial charge in [0.05, 0.1) is 26.4 Å². The molecule has 0 aliphatic heterocycles. The Labute approximate surface area is 165 Å². The average molecular weight is 395 g/mol. The standard InChI is InChI=1S/C20H42O7/c1-23-15-19(21)17-26-13-9-5-3-7-11-25-12-8-4-6-10-14-27-18-20(22)16-24-2/h19-22H,3-18H2,1-2H3. The quantitative estimate of drug-likeness (QED) is 0.272. The van der Waals surface area contributed by atoms with Crippen molar-refractivity contribution in [1.29, 1.82) is 0 Å². The number of aliphatic hydroxyl groups is 2. The minimum absolute atomic E-state index is 0.324. The second kappa shape index (κ2) is 22.0. The van der Waals surface area contributed by atoms with Gasteiger partial charge in [-0.2, -0.15) is 0 Å². The van der Waals surface area contributed by atoms with Crippen molar-refractivity contribution in [3.63, 3.8) is 0 Å². The number of methoxy groups -OCH3 is 2. The molecule has 0 rings (SSSR count). The normalized spacial score (nSPS) is 13.8. The van der Waals surface area contributed by atoms with E-state index in [1.807, 2.05) is 0 Å². The number of unbranched alkanes of at least 4 members (excludes halogenated alkanes) is 6. The second-order valence-corrected chi connectivity index (χ2v) is 6.81. The van der Waals surface area contributed by atoms with Gasteiger partial charge in [-0.1, -0.05) is 25.7 Å². The largest absolute Gasteiger partial charge is 0.388 e. The molecule has 0 aromatic carbocycles. The summed E-state index contributed by atoms with van der Waals surface area (Å²) in [6, 6.07) is 0. The summed E-state index contributed by atoms with van der Waals surface area (Å²) in [6.45, 7) is 4.38. The summed E-state index contributed by atoms with van der Waals surface area (Å²) in [7, 11) is 3.14. The lowest BCUT2D eigenvalue weighted by atomic mass is 10.2. The molecule has 0 aliphatic rings. The van der Waals surface area contributed by atoms with Gasteiger partial charge in [0.2, 0.25) is 0 Å². The van der Waals surface area contributed by atoms with E-state index in [1.54, 1.807) is 14.2 Å². The van der Waals surface area contributed by atoms with Gasteiger partial charge in [0.25, 0.3) is 0 Å². The fourth-order valence-corrected chi connectivity index (χ4v) is 2.55. The van der Waals surface area contributed by atoms with Gasteiger partial charge in [0.15, 0.2) is 0 Å². The number of aliphatic hydroxyl groups excluding tert-OH is 2. The Bertz CT molecular complexity index is 253. The number of hydrogen-bond acceptors (Lipinski definition) is 7. The highest BCUT2D eigenvalue weighted by Gasteiger charge is 2.03. The Balaban J connectivity index is 3.07. The predicted octanol–water partition coefficient (Wildman–Crippen LogP) is 2.17. The molecule has 164 valence electrons. The van der Waals surface area contributed by atoms with Crippen LogP contribution in [0.5, 0.6) is 0 Å². The molecule has 2 unspecified atom stereocenters. The fraction of sp³-hybridized carbons (Fsp3) is 1.00. The topological polar surface area (TPSA) is 86.6 Å². The van der Waals surface area contributed by atoms with Crippen LogP contribution in [0, 0.1) is 0 Å². The molecule has 0 radical (unpaired) electrons. The molecule has 0 saturated carbocycles. The fourth-order valence-electron chi connectivity index (χ4n) is 2.55. The SMILES string of the molecule is COCC(O)COCCCCCCOCCCCCCOCC(O)COC. The Kier molecular flexibility index (Phi) is 21.8. The van der Waals surface area contributed by atoms with E-state index in [9.17, 15) is 10.2 Å². The minimum Gasteiger partial charge on any atom is -0.388 e.